The van der Waals surface area contributed by atoms with Crippen molar-refractivity contribution in [3.8, 4) is 11.6 Å². The number of aromatic nitrogens is 4. The molecule has 2 atom stereocenters. The molecule has 1 fully saturated rings. The first kappa shape index (κ1) is 19.9. The van der Waals surface area contributed by atoms with Gasteiger partial charge in [0.05, 0.1) is 23.1 Å². The van der Waals surface area contributed by atoms with Crippen LogP contribution >= 0.6 is 0 Å². The molecule has 2 aromatic carbocycles. The van der Waals surface area contributed by atoms with Crippen molar-refractivity contribution in [2.24, 2.45) is 0 Å². The highest BCUT2D eigenvalue weighted by molar-refractivity contribution is 5.97. The third-order valence-corrected chi connectivity index (χ3v) is 6.93. The zero-order valence-electron chi connectivity index (χ0n) is 18.5. The van der Waals surface area contributed by atoms with Crippen LogP contribution in [0.15, 0.2) is 54.9 Å². The van der Waals surface area contributed by atoms with Crippen LogP contribution in [0.1, 0.15) is 52.4 Å². The lowest BCUT2D eigenvalue weighted by atomic mass is 9.73. The second-order valence-electron chi connectivity index (χ2n) is 8.93. The van der Waals surface area contributed by atoms with E-state index < -0.39 is 0 Å². The van der Waals surface area contributed by atoms with E-state index in [1.165, 1.54) is 11.1 Å². The molecule has 7 nitrogen and oxygen atoms in total. The molecule has 3 heterocycles. The number of rotatable bonds is 3. The largest absolute Gasteiger partial charge is 0.437 e. The van der Waals surface area contributed by atoms with Crippen LogP contribution in [-0.4, -0.2) is 43.6 Å². The first-order valence-electron chi connectivity index (χ1n) is 11.5. The van der Waals surface area contributed by atoms with Crippen LogP contribution in [0.4, 0.5) is 0 Å². The number of piperidine rings is 1. The third kappa shape index (κ3) is 3.53. The number of amides is 1. The van der Waals surface area contributed by atoms with Gasteiger partial charge in [0, 0.05) is 35.7 Å². The molecular formula is C26H25N5O2. The molecule has 1 N–H and O–H groups in total. The number of aryl methyl sites for hydroxylation is 2. The first-order chi connectivity index (χ1) is 16.2. The number of carbonyl (C=O) groups excluding carboxylic acids is 1. The van der Waals surface area contributed by atoms with Gasteiger partial charge >= 0.3 is 0 Å². The van der Waals surface area contributed by atoms with E-state index in [-0.39, 0.29) is 17.9 Å². The first-order valence-corrected chi connectivity index (χ1v) is 11.5. The Morgan fingerprint density at radius 2 is 2.06 bits per heavy atom. The summed E-state index contributed by atoms with van der Waals surface area (Å²) in [4.78, 5) is 23.1. The second kappa shape index (κ2) is 7.99. The zero-order chi connectivity index (χ0) is 22.4. The van der Waals surface area contributed by atoms with Crippen LogP contribution in [-0.2, 0) is 6.42 Å². The van der Waals surface area contributed by atoms with Crippen LogP contribution in [0.2, 0.25) is 0 Å². The van der Waals surface area contributed by atoms with Gasteiger partial charge in [-0.1, -0.05) is 12.1 Å². The van der Waals surface area contributed by atoms with Crippen molar-refractivity contribution < 1.29 is 9.53 Å². The van der Waals surface area contributed by atoms with Crippen molar-refractivity contribution in [1.29, 1.82) is 0 Å². The van der Waals surface area contributed by atoms with Gasteiger partial charge in [0.2, 0.25) is 5.88 Å². The van der Waals surface area contributed by atoms with Crippen LogP contribution in [0.5, 0.6) is 11.6 Å². The molecule has 7 heteroatoms. The van der Waals surface area contributed by atoms with E-state index in [4.69, 9.17) is 4.74 Å². The quantitative estimate of drug-likeness (QED) is 0.496. The van der Waals surface area contributed by atoms with Gasteiger partial charge in [0.15, 0.2) is 0 Å². The lowest BCUT2D eigenvalue weighted by Crippen LogP contribution is -2.49. The number of ether oxygens (including phenoxy) is 1. The van der Waals surface area contributed by atoms with Gasteiger partial charge in [-0.05, 0) is 68.5 Å². The molecule has 1 aliphatic heterocycles. The van der Waals surface area contributed by atoms with E-state index in [1.807, 2.05) is 49.4 Å². The minimum atomic E-state index is 0.0841. The van der Waals surface area contributed by atoms with E-state index in [1.54, 1.807) is 6.33 Å². The zero-order valence-corrected chi connectivity index (χ0v) is 18.5. The molecule has 0 saturated carbocycles. The fourth-order valence-electron chi connectivity index (χ4n) is 5.41. The highest BCUT2D eigenvalue weighted by Gasteiger charge is 2.40. The van der Waals surface area contributed by atoms with Gasteiger partial charge in [-0.15, -0.1) is 5.10 Å². The second-order valence-corrected chi connectivity index (χ2v) is 8.93. The molecule has 2 aromatic heterocycles. The Labute approximate surface area is 191 Å². The van der Waals surface area contributed by atoms with Crippen molar-refractivity contribution in [1.82, 2.24) is 25.1 Å². The predicted octanol–water partition coefficient (Wildman–Crippen LogP) is 4.79. The standard InChI is InChI=1S/C26H25N5O2/c1-16-7-12-24(30-29-16)33-23-6-2-4-17-9-11-22-19(25(17)23)5-3-13-31(22)26(32)18-8-10-20-21(14-18)28-15-27-20/h2,4,6-8,10,12,14-15,19,22H,3,5,9,11,13H2,1H3,(H,27,28). The Kier molecular flexibility index (Phi) is 4.82. The minimum Gasteiger partial charge on any atom is -0.437 e. The van der Waals surface area contributed by atoms with Gasteiger partial charge in [-0.3, -0.25) is 4.79 Å². The number of hydrogen-bond donors (Lipinski definition) is 1. The maximum Gasteiger partial charge on any atom is 0.254 e. The Balaban J connectivity index is 1.32. The van der Waals surface area contributed by atoms with Crippen molar-refractivity contribution in [2.75, 3.05) is 6.54 Å². The predicted molar refractivity (Wildman–Crippen MR) is 124 cm³/mol. The van der Waals surface area contributed by atoms with E-state index in [0.29, 0.717) is 11.4 Å². The van der Waals surface area contributed by atoms with Gasteiger partial charge in [0.25, 0.3) is 5.91 Å². The van der Waals surface area contributed by atoms with Crippen molar-refractivity contribution >= 4 is 16.9 Å². The maximum atomic E-state index is 13.6. The maximum absolute atomic E-state index is 13.6. The van der Waals surface area contributed by atoms with Crippen molar-refractivity contribution in [3.05, 3.63) is 77.2 Å². The number of hydrogen-bond acceptors (Lipinski definition) is 5. The van der Waals surface area contributed by atoms with Gasteiger partial charge in [-0.2, -0.15) is 5.10 Å². The number of H-pyrrole nitrogens is 1. The Hall–Kier alpha value is -3.74. The fraction of sp³-hybridized carbons (Fsp3) is 0.308. The Bertz CT molecular complexity index is 1330. The number of fused-ring (bicyclic) bond motifs is 4. The van der Waals surface area contributed by atoms with Gasteiger partial charge in [0.1, 0.15) is 5.75 Å². The molecule has 33 heavy (non-hydrogen) atoms. The molecule has 1 saturated heterocycles. The summed E-state index contributed by atoms with van der Waals surface area (Å²) in [5, 5.41) is 8.30. The Morgan fingerprint density at radius 1 is 1.12 bits per heavy atom. The smallest absolute Gasteiger partial charge is 0.254 e. The normalized spacial score (nSPS) is 19.7. The number of likely N-dealkylation sites (tertiary alicyclic amines) is 1. The number of benzene rings is 2. The topological polar surface area (TPSA) is 84.0 Å². The van der Waals surface area contributed by atoms with Gasteiger partial charge < -0.3 is 14.6 Å². The highest BCUT2D eigenvalue weighted by atomic mass is 16.5. The summed E-state index contributed by atoms with van der Waals surface area (Å²) in [7, 11) is 0. The molecular weight excluding hydrogens is 414 g/mol. The summed E-state index contributed by atoms with van der Waals surface area (Å²) in [6, 6.07) is 15.9. The number of carbonyl (C=O) groups is 1. The molecule has 1 amide bonds. The average molecular weight is 440 g/mol. The van der Waals surface area contributed by atoms with E-state index in [0.717, 1.165) is 54.7 Å². The van der Waals surface area contributed by atoms with Crippen LogP contribution in [0, 0.1) is 6.92 Å². The summed E-state index contributed by atoms with van der Waals surface area (Å²) >= 11 is 0. The fourth-order valence-corrected chi connectivity index (χ4v) is 5.41. The SMILES string of the molecule is Cc1ccc(Oc2cccc3c2C2CCCN(C(=O)c4ccc5[nH]cnc5c4)C2CC3)nn1. The van der Waals surface area contributed by atoms with E-state index in [9.17, 15) is 4.79 Å². The third-order valence-electron chi connectivity index (χ3n) is 6.93. The van der Waals surface area contributed by atoms with E-state index in [2.05, 4.69) is 31.1 Å². The van der Waals surface area contributed by atoms with Crippen molar-refractivity contribution in [3.63, 3.8) is 0 Å². The molecule has 166 valence electrons. The number of nitrogens with one attached hydrogen (secondary N) is 1. The molecule has 2 unspecified atom stereocenters. The van der Waals surface area contributed by atoms with Crippen molar-refractivity contribution in [2.45, 2.75) is 44.6 Å². The summed E-state index contributed by atoms with van der Waals surface area (Å²) in [5.41, 5.74) is 5.83. The molecule has 0 bridgehead atoms. The lowest BCUT2D eigenvalue weighted by Gasteiger charge is -2.45. The number of nitrogens with zero attached hydrogens (tertiary/aromatic N) is 4. The van der Waals surface area contributed by atoms with Crippen LogP contribution in [0.3, 0.4) is 0 Å². The molecule has 0 spiro atoms. The summed E-state index contributed by atoms with van der Waals surface area (Å²) in [6.45, 7) is 2.68. The highest BCUT2D eigenvalue weighted by Crippen LogP contribution is 2.45. The summed E-state index contributed by atoms with van der Waals surface area (Å²) in [6.07, 6.45) is 5.56. The molecule has 6 rings (SSSR count). The van der Waals surface area contributed by atoms with E-state index >= 15 is 0 Å². The summed E-state index contributed by atoms with van der Waals surface area (Å²) < 4.78 is 6.21. The van der Waals surface area contributed by atoms with Crippen LogP contribution < -0.4 is 4.74 Å². The number of imidazole rings is 1. The molecule has 0 radical (unpaired) electrons. The minimum absolute atomic E-state index is 0.0841. The Morgan fingerprint density at radius 3 is 2.94 bits per heavy atom. The molecule has 2 aliphatic rings. The average Bonchev–Trinajstić information content (AvgIpc) is 3.32. The monoisotopic (exact) mass is 439 g/mol. The number of aromatic amines is 1. The summed E-state index contributed by atoms with van der Waals surface area (Å²) in [5.74, 6) is 1.65. The molecule has 4 aromatic rings. The lowest BCUT2D eigenvalue weighted by molar-refractivity contribution is 0.0544. The van der Waals surface area contributed by atoms with Gasteiger partial charge in [-0.25, -0.2) is 4.98 Å². The van der Waals surface area contributed by atoms with Crippen LogP contribution in [0.25, 0.3) is 11.0 Å². The molecule has 1 aliphatic carbocycles.